The third kappa shape index (κ3) is 4.12. The van der Waals surface area contributed by atoms with E-state index >= 15 is 0 Å². The Morgan fingerprint density at radius 3 is 2.59 bits per heavy atom. The molecule has 2 aromatic heterocycles. The van der Waals surface area contributed by atoms with Crippen LogP contribution in [-0.4, -0.2) is 21.0 Å². The predicted molar refractivity (Wildman–Crippen MR) is 105 cm³/mol. The van der Waals surface area contributed by atoms with Gasteiger partial charge in [-0.15, -0.1) is 11.3 Å². The highest BCUT2D eigenvalue weighted by atomic mass is 35.5. The van der Waals surface area contributed by atoms with Crippen LogP contribution in [0, 0.1) is 0 Å². The number of aromatic nitrogens is 2. The zero-order chi connectivity index (χ0) is 18.8. The van der Waals surface area contributed by atoms with Gasteiger partial charge in [-0.3, -0.25) is 4.79 Å². The molecule has 138 valence electrons. The van der Waals surface area contributed by atoms with Crippen LogP contribution in [0.4, 0.5) is 0 Å². The molecule has 7 heteroatoms. The highest BCUT2D eigenvalue weighted by Gasteiger charge is 2.20. The average Bonchev–Trinajstić information content (AvgIpc) is 3.09. The Balaban J connectivity index is 1.67. The van der Waals surface area contributed by atoms with Crippen molar-refractivity contribution in [3.8, 4) is 22.3 Å². The summed E-state index contributed by atoms with van der Waals surface area (Å²) in [5.41, 5.74) is 2.82. The van der Waals surface area contributed by atoms with Crippen LogP contribution in [0.3, 0.4) is 0 Å². The van der Waals surface area contributed by atoms with Crippen molar-refractivity contribution in [2.24, 2.45) is 0 Å². The largest absolute Gasteiger partial charge is 0.481 e. The van der Waals surface area contributed by atoms with Crippen LogP contribution in [0.5, 0.6) is 11.6 Å². The van der Waals surface area contributed by atoms with Crippen molar-refractivity contribution in [1.29, 1.82) is 0 Å². The summed E-state index contributed by atoms with van der Waals surface area (Å²) in [4.78, 5) is 21.1. The molecule has 0 amide bonds. The molecule has 0 bridgehead atoms. The smallest absolute Gasteiger partial charge is 0.307 e. The zero-order valence-electron chi connectivity index (χ0n) is 14.4. The van der Waals surface area contributed by atoms with E-state index < -0.39 is 5.97 Å². The Morgan fingerprint density at radius 1 is 1.11 bits per heavy atom. The number of fused-ring (bicyclic) bond motifs is 1. The van der Waals surface area contributed by atoms with E-state index in [4.69, 9.17) is 26.4 Å². The quantitative estimate of drug-likeness (QED) is 0.640. The van der Waals surface area contributed by atoms with Gasteiger partial charge in [-0.25, -0.2) is 4.98 Å². The number of nitrogens with zero attached hydrogens (tertiary/aromatic N) is 2. The third-order valence-corrected chi connectivity index (χ3v) is 5.66. The molecule has 1 aliphatic carbocycles. The first-order valence-corrected chi connectivity index (χ1v) is 9.92. The number of thiophene rings is 1. The van der Waals surface area contributed by atoms with Crippen LogP contribution < -0.4 is 4.74 Å². The van der Waals surface area contributed by atoms with E-state index in [9.17, 15) is 4.79 Å². The maximum atomic E-state index is 10.8. The normalized spacial score (nSPS) is 13.2. The fraction of sp³-hybridized carbons (Fsp3) is 0.250. The molecular weight excluding hydrogens is 384 g/mol. The van der Waals surface area contributed by atoms with E-state index in [1.807, 2.05) is 12.1 Å². The minimum Gasteiger partial charge on any atom is -0.481 e. The van der Waals surface area contributed by atoms with Gasteiger partial charge >= 0.3 is 5.97 Å². The van der Waals surface area contributed by atoms with Gasteiger partial charge in [0.15, 0.2) is 5.82 Å². The molecule has 4 rings (SSSR count). The second-order valence-corrected chi connectivity index (χ2v) is 8.12. The van der Waals surface area contributed by atoms with Crippen LogP contribution in [0.15, 0.2) is 36.4 Å². The van der Waals surface area contributed by atoms with Crippen LogP contribution >= 0.6 is 22.9 Å². The summed E-state index contributed by atoms with van der Waals surface area (Å²) < 4.78 is 6.78. The fourth-order valence-corrected chi connectivity index (χ4v) is 4.13. The zero-order valence-corrected chi connectivity index (χ0v) is 16.0. The lowest BCUT2D eigenvalue weighted by Gasteiger charge is -2.19. The Kier molecular flexibility index (Phi) is 5.09. The number of hydrogen-bond acceptors (Lipinski definition) is 5. The minimum atomic E-state index is -0.854. The fourth-order valence-electron chi connectivity index (χ4n) is 3.15. The maximum Gasteiger partial charge on any atom is 0.307 e. The van der Waals surface area contributed by atoms with Gasteiger partial charge in [0.05, 0.1) is 21.3 Å². The van der Waals surface area contributed by atoms with Crippen LogP contribution in [0.1, 0.15) is 29.7 Å². The van der Waals surface area contributed by atoms with Gasteiger partial charge in [-0.1, -0.05) is 23.7 Å². The monoisotopic (exact) mass is 400 g/mol. The van der Waals surface area contributed by atoms with Gasteiger partial charge in [0.25, 0.3) is 0 Å². The molecule has 2 heterocycles. The van der Waals surface area contributed by atoms with Crippen LogP contribution in [0.25, 0.3) is 10.7 Å². The summed E-state index contributed by atoms with van der Waals surface area (Å²) in [5, 5.41) is 8.89. The van der Waals surface area contributed by atoms with E-state index in [1.54, 1.807) is 24.3 Å². The van der Waals surface area contributed by atoms with Gasteiger partial charge < -0.3 is 9.84 Å². The van der Waals surface area contributed by atoms with E-state index in [1.165, 1.54) is 11.3 Å². The first-order valence-electron chi connectivity index (χ1n) is 8.72. The predicted octanol–water partition coefficient (Wildman–Crippen LogP) is 5.16. The van der Waals surface area contributed by atoms with Crippen molar-refractivity contribution in [2.75, 3.05) is 0 Å². The Labute approximate surface area is 165 Å². The summed E-state index contributed by atoms with van der Waals surface area (Å²) in [7, 11) is 0. The van der Waals surface area contributed by atoms with E-state index in [2.05, 4.69) is 4.98 Å². The number of halogens is 1. The van der Waals surface area contributed by atoms with Crippen molar-refractivity contribution in [2.45, 2.75) is 32.1 Å². The van der Waals surface area contributed by atoms with Crippen LogP contribution in [0.2, 0.25) is 4.34 Å². The molecule has 0 saturated carbocycles. The average molecular weight is 401 g/mol. The summed E-state index contributed by atoms with van der Waals surface area (Å²) in [5.74, 6) is 0.980. The number of hydrogen-bond donors (Lipinski definition) is 1. The second kappa shape index (κ2) is 7.66. The first-order chi connectivity index (χ1) is 13.1. The molecule has 0 atom stereocenters. The summed E-state index contributed by atoms with van der Waals surface area (Å²) in [6.45, 7) is 0. The molecule has 0 saturated heterocycles. The molecule has 1 N–H and O–H groups in total. The number of rotatable bonds is 5. The Hall–Kier alpha value is -2.44. The summed E-state index contributed by atoms with van der Waals surface area (Å²) >= 11 is 7.51. The van der Waals surface area contributed by atoms with E-state index in [0.29, 0.717) is 21.8 Å². The lowest BCUT2D eigenvalue weighted by molar-refractivity contribution is -0.136. The van der Waals surface area contributed by atoms with Gasteiger partial charge in [-0.2, -0.15) is 4.98 Å². The van der Waals surface area contributed by atoms with Crippen molar-refractivity contribution in [3.05, 3.63) is 57.6 Å². The molecule has 5 nitrogen and oxygen atoms in total. The number of aliphatic carboxylic acids is 1. The number of aryl methyl sites for hydroxylation is 1. The SMILES string of the molecule is O=C(O)Cc1ccc(Oc2nc(-c3ccc(Cl)s3)nc3c2CCCC3)cc1. The number of benzene rings is 1. The maximum absolute atomic E-state index is 10.8. The lowest BCUT2D eigenvalue weighted by atomic mass is 9.97. The Morgan fingerprint density at radius 2 is 1.89 bits per heavy atom. The first kappa shape index (κ1) is 17.9. The molecule has 0 fully saturated rings. The molecular formula is C20H17ClN2O3S. The number of carboxylic acid groups (broad SMARTS) is 1. The van der Waals surface area contributed by atoms with E-state index in [-0.39, 0.29) is 6.42 Å². The molecule has 1 aliphatic rings. The highest BCUT2D eigenvalue weighted by Crippen LogP contribution is 2.35. The number of ether oxygens (including phenoxy) is 1. The van der Waals surface area contributed by atoms with Gasteiger partial charge in [-0.05, 0) is 55.5 Å². The van der Waals surface area contributed by atoms with Crippen molar-refractivity contribution in [1.82, 2.24) is 9.97 Å². The van der Waals surface area contributed by atoms with Crippen LogP contribution in [-0.2, 0) is 24.1 Å². The van der Waals surface area contributed by atoms with Gasteiger partial charge in [0, 0.05) is 5.56 Å². The summed E-state index contributed by atoms with van der Waals surface area (Å²) in [6.07, 6.45) is 4.00. The molecule has 0 aliphatic heterocycles. The van der Waals surface area contributed by atoms with Crippen molar-refractivity contribution in [3.63, 3.8) is 0 Å². The minimum absolute atomic E-state index is 0.00747. The molecule has 1 aromatic carbocycles. The van der Waals surface area contributed by atoms with E-state index in [0.717, 1.165) is 47.4 Å². The molecule has 0 radical (unpaired) electrons. The molecule has 3 aromatic rings. The summed E-state index contributed by atoms with van der Waals surface area (Å²) in [6, 6.07) is 10.8. The standard InChI is InChI=1S/C20H17ClN2O3S/c21-17-10-9-16(27-17)19-22-15-4-2-1-3-14(15)20(23-19)26-13-7-5-12(6-8-13)11-18(24)25/h5-10H,1-4,11H2,(H,24,25). The molecule has 0 spiro atoms. The van der Waals surface area contributed by atoms with Crippen molar-refractivity contribution >= 4 is 28.9 Å². The number of carbonyl (C=O) groups is 1. The highest BCUT2D eigenvalue weighted by molar-refractivity contribution is 7.19. The van der Waals surface area contributed by atoms with Crippen molar-refractivity contribution < 1.29 is 14.6 Å². The number of carboxylic acids is 1. The molecule has 27 heavy (non-hydrogen) atoms. The molecule has 0 unspecified atom stereocenters. The second-order valence-electron chi connectivity index (χ2n) is 6.41. The Bertz CT molecular complexity index is 985. The van der Waals surface area contributed by atoms with Gasteiger partial charge in [0.1, 0.15) is 5.75 Å². The van der Waals surface area contributed by atoms with Gasteiger partial charge in [0.2, 0.25) is 5.88 Å². The third-order valence-electron chi connectivity index (χ3n) is 4.43. The topological polar surface area (TPSA) is 72.3 Å². The lowest BCUT2D eigenvalue weighted by Crippen LogP contribution is -2.10.